The van der Waals surface area contributed by atoms with Crippen LogP contribution in [0.1, 0.15) is 36.1 Å². The molecule has 0 aromatic heterocycles. The zero-order valence-electron chi connectivity index (χ0n) is 20.5. The Morgan fingerprint density at radius 2 is 1.60 bits per heavy atom. The highest BCUT2D eigenvalue weighted by molar-refractivity contribution is 7.99. The zero-order chi connectivity index (χ0) is 25.2. The van der Waals surface area contributed by atoms with Gasteiger partial charge in [0.05, 0.1) is 5.75 Å². The number of carbonyl (C=O) groups is 2. The molecule has 0 saturated heterocycles. The Morgan fingerprint density at radius 1 is 0.914 bits per heavy atom. The summed E-state index contributed by atoms with van der Waals surface area (Å²) in [5, 5.41) is 3.01. The molecule has 3 aromatic rings. The van der Waals surface area contributed by atoms with Gasteiger partial charge in [0, 0.05) is 24.8 Å². The summed E-state index contributed by atoms with van der Waals surface area (Å²) in [6.07, 6.45) is 0.430. The highest BCUT2D eigenvalue weighted by Crippen LogP contribution is 2.19. The summed E-state index contributed by atoms with van der Waals surface area (Å²) >= 11 is 1.47. The van der Waals surface area contributed by atoms with Crippen LogP contribution in [-0.2, 0) is 28.3 Å². The molecular formula is C29H33FN2O2S. The summed E-state index contributed by atoms with van der Waals surface area (Å²) < 4.78 is 13.2. The maximum atomic E-state index is 13.6. The van der Waals surface area contributed by atoms with Crippen molar-refractivity contribution in [2.45, 2.75) is 51.6 Å². The number of amides is 2. The Labute approximate surface area is 211 Å². The van der Waals surface area contributed by atoms with Gasteiger partial charge in [-0.15, -0.1) is 11.8 Å². The molecule has 6 heteroatoms. The minimum Gasteiger partial charge on any atom is -0.352 e. The first-order chi connectivity index (χ1) is 16.8. The fourth-order valence-corrected chi connectivity index (χ4v) is 4.73. The summed E-state index contributed by atoms with van der Waals surface area (Å²) in [5.74, 6) is 0.279. The van der Waals surface area contributed by atoms with E-state index < -0.39 is 6.04 Å². The number of aryl methyl sites for hydroxylation is 1. The number of hydrogen-bond donors (Lipinski definition) is 1. The van der Waals surface area contributed by atoms with Gasteiger partial charge < -0.3 is 10.2 Å². The molecule has 0 heterocycles. The summed E-state index contributed by atoms with van der Waals surface area (Å²) in [6.45, 7) is 6.20. The largest absolute Gasteiger partial charge is 0.352 e. The van der Waals surface area contributed by atoms with Crippen LogP contribution in [0.15, 0.2) is 78.9 Å². The van der Waals surface area contributed by atoms with Gasteiger partial charge in [-0.1, -0.05) is 72.3 Å². The van der Waals surface area contributed by atoms with E-state index in [1.165, 1.54) is 23.9 Å². The summed E-state index contributed by atoms with van der Waals surface area (Å²) in [7, 11) is 0. The van der Waals surface area contributed by atoms with Gasteiger partial charge in [-0.05, 0) is 49.6 Å². The van der Waals surface area contributed by atoms with Crippen LogP contribution in [0, 0.1) is 12.7 Å². The van der Waals surface area contributed by atoms with Crippen LogP contribution < -0.4 is 5.32 Å². The van der Waals surface area contributed by atoms with Gasteiger partial charge in [-0.25, -0.2) is 4.39 Å². The van der Waals surface area contributed by atoms with Crippen molar-refractivity contribution in [2.75, 3.05) is 5.75 Å². The van der Waals surface area contributed by atoms with Crippen molar-refractivity contribution in [1.82, 2.24) is 10.2 Å². The smallest absolute Gasteiger partial charge is 0.243 e. The molecule has 35 heavy (non-hydrogen) atoms. The lowest BCUT2D eigenvalue weighted by molar-refractivity contribution is -0.139. The molecule has 0 saturated carbocycles. The quantitative estimate of drug-likeness (QED) is 0.383. The Balaban J connectivity index is 1.84. The Bertz CT molecular complexity index is 1100. The first kappa shape index (κ1) is 26.5. The molecule has 3 aromatic carbocycles. The predicted octanol–water partition coefficient (Wildman–Crippen LogP) is 5.53. The Hall–Kier alpha value is -3.12. The minimum absolute atomic E-state index is 0.0375. The van der Waals surface area contributed by atoms with Crippen LogP contribution in [0.25, 0.3) is 0 Å². The second-order valence-electron chi connectivity index (χ2n) is 9.00. The summed E-state index contributed by atoms with van der Waals surface area (Å²) in [4.78, 5) is 28.6. The van der Waals surface area contributed by atoms with E-state index in [0.717, 1.165) is 22.3 Å². The van der Waals surface area contributed by atoms with Crippen LogP contribution in [0.5, 0.6) is 0 Å². The lowest BCUT2D eigenvalue weighted by Crippen LogP contribution is -2.52. The van der Waals surface area contributed by atoms with Gasteiger partial charge in [-0.3, -0.25) is 9.59 Å². The van der Waals surface area contributed by atoms with E-state index in [4.69, 9.17) is 0 Å². The molecule has 0 bridgehead atoms. The second-order valence-corrected chi connectivity index (χ2v) is 9.98. The molecule has 1 atom stereocenters. The summed E-state index contributed by atoms with van der Waals surface area (Å²) in [6, 6.07) is 23.4. The topological polar surface area (TPSA) is 49.4 Å². The van der Waals surface area contributed by atoms with Gasteiger partial charge >= 0.3 is 0 Å². The Morgan fingerprint density at radius 3 is 2.26 bits per heavy atom. The first-order valence-electron chi connectivity index (χ1n) is 11.8. The average molecular weight is 493 g/mol. The number of nitrogens with zero attached hydrogens (tertiary/aromatic N) is 1. The number of carbonyl (C=O) groups excluding carboxylic acids is 2. The molecule has 0 aliphatic carbocycles. The van der Waals surface area contributed by atoms with Crippen LogP contribution in [0.2, 0.25) is 0 Å². The molecule has 0 fully saturated rings. The average Bonchev–Trinajstić information content (AvgIpc) is 2.82. The normalized spacial score (nSPS) is 11.8. The van der Waals surface area contributed by atoms with E-state index in [0.29, 0.717) is 18.7 Å². The number of halogens is 1. The molecule has 0 aliphatic rings. The van der Waals surface area contributed by atoms with Crippen molar-refractivity contribution in [3.63, 3.8) is 0 Å². The predicted molar refractivity (Wildman–Crippen MR) is 142 cm³/mol. The molecule has 0 unspecified atom stereocenters. The second kappa shape index (κ2) is 13.1. The van der Waals surface area contributed by atoms with E-state index in [9.17, 15) is 14.0 Å². The van der Waals surface area contributed by atoms with Gasteiger partial charge in [0.1, 0.15) is 11.9 Å². The van der Waals surface area contributed by atoms with Crippen molar-refractivity contribution in [1.29, 1.82) is 0 Å². The molecule has 1 N–H and O–H groups in total. The minimum atomic E-state index is -0.640. The molecule has 4 nitrogen and oxygen atoms in total. The van der Waals surface area contributed by atoms with Crippen LogP contribution >= 0.6 is 11.8 Å². The van der Waals surface area contributed by atoms with Gasteiger partial charge in [0.15, 0.2) is 0 Å². The molecule has 2 amide bonds. The zero-order valence-corrected chi connectivity index (χ0v) is 21.4. The number of benzene rings is 3. The van der Waals surface area contributed by atoms with E-state index in [-0.39, 0.29) is 29.4 Å². The fraction of sp³-hybridized carbons (Fsp3) is 0.310. The molecular weight excluding hydrogens is 459 g/mol. The monoisotopic (exact) mass is 492 g/mol. The third kappa shape index (κ3) is 8.55. The SMILES string of the molecule is Cc1cccc(CN(C(=O)CSCc2ccc(F)cc2)[C@@H](Cc2ccccc2)C(=O)NC(C)C)c1. The van der Waals surface area contributed by atoms with Crippen molar-refractivity contribution >= 4 is 23.6 Å². The van der Waals surface area contributed by atoms with E-state index in [2.05, 4.69) is 5.32 Å². The number of hydrogen-bond acceptors (Lipinski definition) is 3. The lowest BCUT2D eigenvalue weighted by Gasteiger charge is -2.32. The van der Waals surface area contributed by atoms with Crippen molar-refractivity contribution < 1.29 is 14.0 Å². The third-order valence-corrected chi connectivity index (χ3v) is 6.53. The van der Waals surface area contributed by atoms with Gasteiger partial charge in [-0.2, -0.15) is 0 Å². The number of thioether (sulfide) groups is 1. The number of rotatable bonds is 11. The standard InChI is InChI=1S/C29H33FN2O2S/c1-21(2)31-29(34)27(17-23-9-5-4-6-10-23)32(18-25-11-7-8-22(3)16-25)28(33)20-35-19-24-12-14-26(30)15-13-24/h4-16,21,27H,17-20H2,1-3H3,(H,31,34)/t27-/m0/s1. The van der Waals surface area contributed by atoms with Gasteiger partial charge in [0.2, 0.25) is 11.8 Å². The van der Waals surface area contributed by atoms with Crippen LogP contribution in [0.3, 0.4) is 0 Å². The molecule has 3 rings (SSSR count). The highest BCUT2D eigenvalue weighted by atomic mass is 32.2. The van der Waals surface area contributed by atoms with E-state index in [1.54, 1.807) is 17.0 Å². The van der Waals surface area contributed by atoms with Crippen LogP contribution in [0.4, 0.5) is 4.39 Å². The maximum Gasteiger partial charge on any atom is 0.243 e. The third-order valence-electron chi connectivity index (χ3n) is 5.54. The van der Waals surface area contributed by atoms with E-state index in [1.807, 2.05) is 75.4 Å². The molecule has 0 spiro atoms. The highest BCUT2D eigenvalue weighted by Gasteiger charge is 2.30. The first-order valence-corrected chi connectivity index (χ1v) is 13.0. The number of nitrogens with one attached hydrogen (secondary N) is 1. The fourth-order valence-electron chi connectivity index (χ4n) is 3.86. The van der Waals surface area contributed by atoms with Crippen molar-refractivity contribution in [2.24, 2.45) is 0 Å². The Kier molecular flexibility index (Phi) is 9.91. The molecule has 0 aliphatic heterocycles. The summed E-state index contributed by atoms with van der Waals surface area (Å²) in [5.41, 5.74) is 4.04. The van der Waals surface area contributed by atoms with Crippen LogP contribution in [-0.4, -0.2) is 34.6 Å². The lowest BCUT2D eigenvalue weighted by atomic mass is 10.0. The maximum absolute atomic E-state index is 13.6. The van der Waals surface area contributed by atoms with Crippen molar-refractivity contribution in [3.8, 4) is 0 Å². The van der Waals surface area contributed by atoms with Gasteiger partial charge in [0.25, 0.3) is 0 Å². The van der Waals surface area contributed by atoms with Crippen molar-refractivity contribution in [3.05, 3.63) is 107 Å². The van der Waals surface area contributed by atoms with E-state index >= 15 is 0 Å². The molecule has 0 radical (unpaired) electrons. The molecule has 184 valence electrons.